The first-order chi connectivity index (χ1) is 20.8. The van der Waals surface area contributed by atoms with E-state index in [1.165, 1.54) is 0 Å². The third-order valence-corrected chi connectivity index (χ3v) is 8.29. The van der Waals surface area contributed by atoms with E-state index in [4.69, 9.17) is 42.8 Å². The molecule has 0 radical (unpaired) electrons. The molecule has 0 saturated heterocycles. The summed E-state index contributed by atoms with van der Waals surface area (Å²) in [7, 11) is 0. The minimum absolute atomic E-state index is 0.0593. The van der Waals surface area contributed by atoms with Crippen molar-refractivity contribution in [1.82, 2.24) is 5.32 Å². The summed E-state index contributed by atoms with van der Waals surface area (Å²) in [4.78, 5) is 19.5. The van der Waals surface area contributed by atoms with Gasteiger partial charge in [0.05, 0.1) is 6.61 Å². The van der Waals surface area contributed by atoms with Crippen molar-refractivity contribution < 1.29 is 19.4 Å². The molecule has 0 spiro atoms. The molecule has 0 saturated carbocycles. The van der Waals surface area contributed by atoms with Gasteiger partial charge in [-0.25, -0.2) is 4.99 Å². The first kappa shape index (κ1) is 31.1. The van der Waals surface area contributed by atoms with Crippen LogP contribution in [0.5, 0.6) is 5.75 Å². The molecular formula is C34H31BrCl2N2O4. The Labute approximate surface area is 269 Å². The Hall–Kier alpha value is -3.36. The van der Waals surface area contributed by atoms with Gasteiger partial charge in [0.25, 0.3) is 5.91 Å². The monoisotopic (exact) mass is 680 g/mol. The number of carbonyl (C=O) groups is 1. The number of halogens is 3. The molecule has 4 aromatic carbocycles. The summed E-state index contributed by atoms with van der Waals surface area (Å²) < 4.78 is 13.2. The van der Waals surface area contributed by atoms with E-state index in [1.54, 1.807) is 18.2 Å². The maximum Gasteiger partial charge on any atom is 0.252 e. The van der Waals surface area contributed by atoms with Crippen LogP contribution in [0.2, 0.25) is 10.0 Å². The highest BCUT2D eigenvalue weighted by Gasteiger charge is 2.53. The smallest absolute Gasteiger partial charge is 0.252 e. The summed E-state index contributed by atoms with van der Waals surface area (Å²) in [6.45, 7) is 2.81. The minimum atomic E-state index is -1.39. The Kier molecular flexibility index (Phi) is 10.1. The summed E-state index contributed by atoms with van der Waals surface area (Å²) in [5.74, 6) is 0.692. The number of aryl methyl sites for hydroxylation is 1. The molecule has 222 valence electrons. The Morgan fingerprint density at radius 1 is 1.02 bits per heavy atom. The van der Waals surface area contributed by atoms with E-state index in [-0.39, 0.29) is 18.9 Å². The Bertz CT molecular complexity index is 1610. The van der Waals surface area contributed by atoms with Crippen molar-refractivity contribution in [2.24, 2.45) is 4.99 Å². The number of aliphatic imine (C=N–C) groups is 1. The molecule has 0 fully saturated rings. The van der Waals surface area contributed by atoms with Crippen molar-refractivity contribution in [2.45, 2.75) is 38.0 Å². The van der Waals surface area contributed by atoms with Crippen LogP contribution in [-0.4, -0.2) is 35.7 Å². The van der Waals surface area contributed by atoms with Gasteiger partial charge >= 0.3 is 0 Å². The van der Waals surface area contributed by atoms with Crippen LogP contribution in [0.4, 0.5) is 0 Å². The molecule has 0 aliphatic carbocycles. The van der Waals surface area contributed by atoms with Gasteiger partial charge in [0, 0.05) is 51.6 Å². The van der Waals surface area contributed by atoms with Crippen molar-refractivity contribution >= 4 is 50.9 Å². The topological polar surface area (TPSA) is 80.2 Å². The van der Waals surface area contributed by atoms with Crippen LogP contribution in [0.15, 0.2) is 100 Å². The van der Waals surface area contributed by atoms with Crippen LogP contribution in [-0.2, 0) is 22.5 Å². The van der Waals surface area contributed by atoms with Gasteiger partial charge in [-0.05, 0) is 66.6 Å². The van der Waals surface area contributed by atoms with Gasteiger partial charge in [0.15, 0.2) is 11.6 Å². The molecule has 1 aliphatic rings. The molecule has 1 amide bonds. The number of carbonyl (C=O) groups excluding carboxylic acids is 1. The number of nitrogens with one attached hydrogen (secondary N) is 1. The molecule has 4 aromatic rings. The second-order valence-electron chi connectivity index (χ2n) is 10.4. The lowest BCUT2D eigenvalue weighted by atomic mass is 9.82. The number of rotatable bonds is 11. The molecule has 6 nitrogen and oxygen atoms in total. The van der Waals surface area contributed by atoms with Crippen LogP contribution < -0.4 is 10.1 Å². The minimum Gasteiger partial charge on any atom is -0.494 e. The molecule has 0 bridgehead atoms. The van der Waals surface area contributed by atoms with Gasteiger partial charge in [-0.2, -0.15) is 0 Å². The molecule has 2 atom stereocenters. The molecule has 2 N–H and O–H groups in total. The summed E-state index contributed by atoms with van der Waals surface area (Å²) in [6.07, 6.45) is -0.0406. The largest absolute Gasteiger partial charge is 0.494 e. The highest BCUT2D eigenvalue weighted by atomic mass is 79.9. The third-order valence-electron chi connectivity index (χ3n) is 7.20. The summed E-state index contributed by atoms with van der Waals surface area (Å²) in [5.41, 5.74) is 2.90. The maximum atomic E-state index is 14.4. The lowest BCUT2D eigenvalue weighted by Crippen LogP contribution is -2.49. The van der Waals surface area contributed by atoms with Gasteiger partial charge in [-0.3, -0.25) is 4.79 Å². The average molecular weight is 682 g/mol. The number of nitrogens with zero attached hydrogens (tertiary/aromatic N) is 1. The highest BCUT2D eigenvalue weighted by Crippen LogP contribution is 2.45. The molecule has 5 rings (SSSR count). The number of hydrogen-bond acceptors (Lipinski definition) is 5. The van der Waals surface area contributed by atoms with Crippen molar-refractivity contribution in [3.63, 3.8) is 0 Å². The SMILES string of the molecule is Cc1cccc(CNC(=O)[C@]2(Cc3ccc(Br)cc3)N=C(c3ccc(OCCCO)cc3)O[C@@H]2c2ccc(Cl)cc2Cl)c1. The zero-order valence-corrected chi connectivity index (χ0v) is 26.6. The Balaban J connectivity index is 1.57. The number of aliphatic hydroxyl groups is 1. The number of hydrogen-bond donors (Lipinski definition) is 2. The molecular weight excluding hydrogens is 651 g/mol. The molecule has 9 heteroatoms. The lowest BCUT2D eigenvalue weighted by Gasteiger charge is -2.31. The first-order valence-electron chi connectivity index (χ1n) is 13.9. The normalized spacial score (nSPS) is 17.7. The third kappa shape index (κ3) is 7.42. The summed E-state index contributed by atoms with van der Waals surface area (Å²) in [6, 6.07) is 28.3. The highest BCUT2D eigenvalue weighted by molar-refractivity contribution is 9.10. The van der Waals surface area contributed by atoms with Gasteiger partial charge < -0.3 is 19.9 Å². The van der Waals surface area contributed by atoms with E-state index in [9.17, 15) is 4.79 Å². The van der Waals surface area contributed by atoms with Crippen LogP contribution in [0.1, 0.15) is 40.3 Å². The quantitative estimate of drug-likeness (QED) is 0.160. The van der Waals surface area contributed by atoms with Crippen molar-refractivity contribution in [3.05, 3.63) is 133 Å². The van der Waals surface area contributed by atoms with Crippen molar-refractivity contribution in [3.8, 4) is 5.75 Å². The van der Waals surface area contributed by atoms with E-state index < -0.39 is 11.6 Å². The fourth-order valence-corrected chi connectivity index (χ4v) is 5.82. The summed E-state index contributed by atoms with van der Waals surface area (Å²) >= 11 is 16.5. The lowest BCUT2D eigenvalue weighted by molar-refractivity contribution is -0.129. The maximum absolute atomic E-state index is 14.4. The zero-order chi connectivity index (χ0) is 30.4. The van der Waals surface area contributed by atoms with Gasteiger partial charge in [-0.15, -0.1) is 0 Å². The van der Waals surface area contributed by atoms with Crippen LogP contribution in [0.25, 0.3) is 0 Å². The van der Waals surface area contributed by atoms with Crippen molar-refractivity contribution in [2.75, 3.05) is 13.2 Å². The predicted octanol–water partition coefficient (Wildman–Crippen LogP) is 7.64. The number of aliphatic hydroxyl groups excluding tert-OH is 1. The molecule has 1 aliphatic heterocycles. The van der Waals surface area contributed by atoms with E-state index in [0.717, 1.165) is 21.2 Å². The molecule has 0 unspecified atom stereocenters. The van der Waals surface area contributed by atoms with Crippen LogP contribution in [0.3, 0.4) is 0 Å². The van der Waals surface area contributed by atoms with Gasteiger partial charge in [-0.1, -0.05) is 87.2 Å². The van der Waals surface area contributed by atoms with E-state index in [2.05, 4.69) is 21.2 Å². The number of ether oxygens (including phenoxy) is 2. The van der Waals surface area contributed by atoms with Crippen molar-refractivity contribution in [1.29, 1.82) is 0 Å². The van der Waals surface area contributed by atoms with E-state index >= 15 is 0 Å². The second-order valence-corrected chi connectivity index (χ2v) is 12.2. The second kappa shape index (κ2) is 14.0. The fraction of sp³-hybridized carbons (Fsp3) is 0.235. The number of amides is 1. The van der Waals surface area contributed by atoms with E-state index in [0.29, 0.717) is 52.4 Å². The standard InChI is InChI=1S/C34H31BrCl2N2O4/c1-22-4-2-5-24(18-22)21-38-33(41)34(20-23-6-10-26(35)11-7-23)31(29-15-12-27(36)19-30(29)37)43-32(39-34)25-8-13-28(14-9-25)42-17-3-16-40/h2,4-15,18-19,31,40H,3,16-17,20-21H2,1H3,(H,38,41)/t31-,34-/m1/s1. The van der Waals surface area contributed by atoms with Crippen LogP contribution in [0, 0.1) is 6.92 Å². The van der Waals surface area contributed by atoms with E-state index in [1.807, 2.05) is 79.7 Å². The predicted molar refractivity (Wildman–Crippen MR) is 174 cm³/mol. The van der Waals surface area contributed by atoms with Gasteiger partial charge in [0.1, 0.15) is 5.75 Å². The first-order valence-corrected chi connectivity index (χ1v) is 15.5. The molecule has 43 heavy (non-hydrogen) atoms. The zero-order valence-electron chi connectivity index (χ0n) is 23.5. The average Bonchev–Trinajstić information content (AvgIpc) is 3.37. The molecule has 1 heterocycles. The fourth-order valence-electron chi connectivity index (χ4n) is 5.04. The summed E-state index contributed by atoms with van der Waals surface area (Å²) in [5, 5.41) is 13.0. The Morgan fingerprint density at radius 3 is 2.49 bits per heavy atom. The van der Waals surface area contributed by atoms with Gasteiger partial charge in [0.2, 0.25) is 5.90 Å². The molecule has 0 aromatic heterocycles. The Morgan fingerprint density at radius 2 is 1.79 bits per heavy atom. The van der Waals surface area contributed by atoms with Crippen LogP contribution >= 0.6 is 39.1 Å². The number of benzene rings is 4.